The maximum absolute atomic E-state index is 12.8. The van der Waals surface area contributed by atoms with Crippen LogP contribution in [0.1, 0.15) is 10.4 Å². The van der Waals surface area contributed by atoms with Gasteiger partial charge in [0.15, 0.2) is 0 Å². The number of hydrogen-bond donors (Lipinski definition) is 1. The van der Waals surface area contributed by atoms with Crippen LogP contribution in [0.2, 0.25) is 0 Å². The molecule has 0 radical (unpaired) electrons. The number of hydrogen-bond acceptors (Lipinski definition) is 4. The monoisotopic (exact) mass is 438 g/mol. The van der Waals surface area contributed by atoms with Crippen LogP contribution in [0, 0.1) is 0 Å². The van der Waals surface area contributed by atoms with Crippen molar-refractivity contribution in [3.05, 3.63) is 97.1 Å². The first kappa shape index (κ1) is 21.7. The van der Waals surface area contributed by atoms with E-state index in [2.05, 4.69) is 11.9 Å². The summed E-state index contributed by atoms with van der Waals surface area (Å²) in [5.74, 6) is -0.266. The molecule has 3 aromatic carbocycles. The quantitative estimate of drug-likeness (QED) is 0.500. The van der Waals surface area contributed by atoms with Crippen molar-refractivity contribution in [1.29, 1.82) is 0 Å². The third-order valence-electron chi connectivity index (χ3n) is 4.22. The molecule has 1 amide bonds. The number of sulfonamides is 1. The summed E-state index contributed by atoms with van der Waals surface area (Å²) in [5, 5.41) is 2.94. The number of anilines is 2. The third kappa shape index (κ3) is 5.52. The van der Waals surface area contributed by atoms with E-state index in [0.29, 0.717) is 16.9 Å². The lowest BCUT2D eigenvalue weighted by Crippen LogP contribution is -2.29. The molecule has 1 N–H and O–H groups in total. The van der Waals surface area contributed by atoms with E-state index in [-0.39, 0.29) is 12.5 Å². The van der Waals surface area contributed by atoms with Crippen molar-refractivity contribution in [1.82, 2.24) is 0 Å². The Morgan fingerprint density at radius 1 is 1.00 bits per heavy atom. The van der Waals surface area contributed by atoms with Crippen LogP contribution in [-0.2, 0) is 10.0 Å². The fourth-order valence-corrected chi connectivity index (χ4v) is 4.60. The van der Waals surface area contributed by atoms with Crippen LogP contribution in [-0.4, -0.2) is 27.1 Å². The van der Waals surface area contributed by atoms with Gasteiger partial charge >= 0.3 is 0 Å². The second kappa shape index (κ2) is 9.65. The molecule has 0 unspecified atom stereocenters. The zero-order valence-corrected chi connectivity index (χ0v) is 18.1. The highest BCUT2D eigenvalue weighted by Crippen LogP contribution is 2.33. The fourth-order valence-electron chi connectivity index (χ4n) is 2.80. The second-order valence-corrected chi connectivity index (χ2v) is 9.52. The van der Waals surface area contributed by atoms with Gasteiger partial charge in [-0.15, -0.1) is 6.58 Å². The number of carbonyl (C=O) groups excluding carboxylic acids is 1. The zero-order chi connectivity index (χ0) is 21.6. The molecule has 0 aliphatic carbocycles. The Bertz CT molecular complexity index is 1130. The molecule has 5 nitrogen and oxygen atoms in total. The topological polar surface area (TPSA) is 66.5 Å². The van der Waals surface area contributed by atoms with Gasteiger partial charge in [0.1, 0.15) is 0 Å². The van der Waals surface area contributed by atoms with Gasteiger partial charge in [-0.2, -0.15) is 0 Å². The Balaban J connectivity index is 1.78. The Labute approximate surface area is 181 Å². The van der Waals surface area contributed by atoms with Crippen LogP contribution in [0.5, 0.6) is 0 Å². The van der Waals surface area contributed by atoms with Gasteiger partial charge in [-0.1, -0.05) is 48.2 Å². The molecule has 3 aromatic rings. The van der Waals surface area contributed by atoms with E-state index >= 15 is 0 Å². The summed E-state index contributed by atoms with van der Waals surface area (Å²) in [6.45, 7) is 3.76. The summed E-state index contributed by atoms with van der Waals surface area (Å²) < 4.78 is 25.2. The Kier molecular flexibility index (Phi) is 6.97. The lowest BCUT2D eigenvalue weighted by Gasteiger charge is -2.20. The summed E-state index contributed by atoms with van der Waals surface area (Å²) in [6, 6.07) is 24.0. The first-order chi connectivity index (χ1) is 14.4. The van der Waals surface area contributed by atoms with E-state index in [1.807, 2.05) is 54.6 Å². The Morgan fingerprint density at radius 2 is 1.63 bits per heavy atom. The number of nitrogens with one attached hydrogen (secondary N) is 1. The van der Waals surface area contributed by atoms with Crippen LogP contribution in [0.3, 0.4) is 0 Å². The summed E-state index contributed by atoms with van der Waals surface area (Å²) >= 11 is 1.57. The Morgan fingerprint density at radius 3 is 2.27 bits per heavy atom. The highest BCUT2D eigenvalue weighted by Gasteiger charge is 2.17. The van der Waals surface area contributed by atoms with Gasteiger partial charge in [-0.05, 0) is 48.5 Å². The number of para-hydroxylation sites is 1. The molecule has 3 rings (SSSR count). The van der Waals surface area contributed by atoms with Crippen molar-refractivity contribution < 1.29 is 13.2 Å². The van der Waals surface area contributed by atoms with Crippen LogP contribution >= 0.6 is 11.8 Å². The summed E-state index contributed by atoms with van der Waals surface area (Å²) in [5.41, 5.74) is 1.63. The van der Waals surface area contributed by atoms with Crippen molar-refractivity contribution in [2.75, 3.05) is 22.4 Å². The first-order valence-electron chi connectivity index (χ1n) is 9.20. The maximum atomic E-state index is 12.8. The molecular formula is C23H22N2O3S2. The predicted octanol–water partition coefficient (Wildman–Crippen LogP) is 5.04. The average Bonchev–Trinajstić information content (AvgIpc) is 2.73. The third-order valence-corrected chi connectivity index (χ3v) is 6.46. The largest absolute Gasteiger partial charge is 0.321 e. The molecule has 0 heterocycles. The van der Waals surface area contributed by atoms with Gasteiger partial charge in [0, 0.05) is 15.4 Å². The number of carbonyl (C=O) groups is 1. The van der Waals surface area contributed by atoms with Gasteiger partial charge in [0.05, 0.1) is 24.2 Å². The van der Waals surface area contributed by atoms with Crippen molar-refractivity contribution >= 4 is 39.1 Å². The van der Waals surface area contributed by atoms with Gasteiger partial charge in [0.25, 0.3) is 5.91 Å². The van der Waals surface area contributed by atoms with Crippen LogP contribution in [0.4, 0.5) is 11.4 Å². The van der Waals surface area contributed by atoms with E-state index in [4.69, 9.17) is 0 Å². The van der Waals surface area contributed by atoms with E-state index < -0.39 is 10.0 Å². The van der Waals surface area contributed by atoms with E-state index in [9.17, 15) is 13.2 Å². The van der Waals surface area contributed by atoms with Crippen molar-refractivity contribution in [2.45, 2.75) is 9.79 Å². The number of rotatable bonds is 8. The minimum atomic E-state index is -3.44. The highest BCUT2D eigenvalue weighted by atomic mass is 32.2. The van der Waals surface area contributed by atoms with Crippen LogP contribution in [0.25, 0.3) is 0 Å². The van der Waals surface area contributed by atoms with Crippen molar-refractivity contribution in [2.24, 2.45) is 0 Å². The molecule has 0 atom stereocenters. The number of amides is 1. The van der Waals surface area contributed by atoms with Crippen LogP contribution in [0.15, 0.2) is 101 Å². The van der Waals surface area contributed by atoms with E-state index in [1.54, 1.807) is 36.0 Å². The molecule has 0 bridgehead atoms. The normalized spacial score (nSPS) is 11.0. The second-order valence-electron chi connectivity index (χ2n) is 6.50. The highest BCUT2D eigenvalue weighted by molar-refractivity contribution is 7.99. The van der Waals surface area contributed by atoms with E-state index in [0.717, 1.165) is 16.0 Å². The molecule has 0 aliphatic heterocycles. The Hall–Kier alpha value is -3.03. The van der Waals surface area contributed by atoms with Crippen LogP contribution < -0.4 is 9.62 Å². The summed E-state index contributed by atoms with van der Waals surface area (Å²) in [7, 11) is -3.44. The fraction of sp³-hybridized carbons (Fsp3) is 0.0870. The van der Waals surface area contributed by atoms with Crippen molar-refractivity contribution in [3.63, 3.8) is 0 Å². The molecule has 0 saturated carbocycles. The standard InChI is InChI=1S/C23H22N2O3S2/c1-3-17-25(30(2,27)28)19-15-13-18(14-16-19)23(26)24-21-11-7-8-12-22(21)29-20-9-5-4-6-10-20/h3-16H,1,17H2,2H3,(H,24,26). The lowest BCUT2D eigenvalue weighted by molar-refractivity contribution is 0.102. The van der Waals surface area contributed by atoms with Gasteiger partial charge in [0.2, 0.25) is 10.0 Å². The molecule has 154 valence electrons. The molecule has 0 saturated heterocycles. The average molecular weight is 439 g/mol. The molecule has 0 fully saturated rings. The summed E-state index contributed by atoms with van der Waals surface area (Å²) in [6.07, 6.45) is 2.65. The maximum Gasteiger partial charge on any atom is 0.255 e. The molecule has 30 heavy (non-hydrogen) atoms. The number of nitrogens with zero attached hydrogens (tertiary/aromatic N) is 1. The smallest absolute Gasteiger partial charge is 0.255 e. The molecule has 0 aromatic heterocycles. The van der Waals surface area contributed by atoms with Crippen molar-refractivity contribution in [3.8, 4) is 0 Å². The minimum Gasteiger partial charge on any atom is -0.321 e. The zero-order valence-electron chi connectivity index (χ0n) is 16.5. The predicted molar refractivity (Wildman–Crippen MR) is 124 cm³/mol. The SMILES string of the molecule is C=CCN(c1ccc(C(=O)Nc2ccccc2Sc2ccccc2)cc1)S(C)(=O)=O. The minimum absolute atomic E-state index is 0.161. The molecule has 7 heteroatoms. The number of benzene rings is 3. The lowest BCUT2D eigenvalue weighted by atomic mass is 10.2. The first-order valence-corrected chi connectivity index (χ1v) is 11.9. The molecular weight excluding hydrogens is 416 g/mol. The summed E-state index contributed by atoms with van der Waals surface area (Å²) in [4.78, 5) is 14.8. The molecule has 0 aliphatic rings. The van der Waals surface area contributed by atoms with Gasteiger partial charge < -0.3 is 5.32 Å². The van der Waals surface area contributed by atoms with Gasteiger partial charge in [-0.3, -0.25) is 9.10 Å². The molecule has 0 spiro atoms. The van der Waals surface area contributed by atoms with Gasteiger partial charge in [-0.25, -0.2) is 8.42 Å². The van der Waals surface area contributed by atoms with E-state index in [1.165, 1.54) is 10.4 Å².